The lowest BCUT2D eigenvalue weighted by Gasteiger charge is -2.16. The van der Waals surface area contributed by atoms with Crippen molar-refractivity contribution in [2.45, 2.75) is 13.0 Å². The van der Waals surface area contributed by atoms with Crippen LogP contribution in [0.1, 0.15) is 12.0 Å². The molecule has 0 saturated heterocycles. The van der Waals surface area contributed by atoms with E-state index < -0.39 is 0 Å². The van der Waals surface area contributed by atoms with Gasteiger partial charge in [-0.05, 0) is 29.0 Å². The molecule has 1 heterocycles. The monoisotopic (exact) mass is 209 g/mol. The summed E-state index contributed by atoms with van der Waals surface area (Å²) < 4.78 is 0. The summed E-state index contributed by atoms with van der Waals surface area (Å²) in [6.45, 7) is 2.18. The van der Waals surface area contributed by atoms with Crippen LogP contribution in [0.25, 0.3) is 10.8 Å². The molecule has 1 aliphatic heterocycles. The van der Waals surface area contributed by atoms with Crippen molar-refractivity contribution in [1.82, 2.24) is 4.90 Å². The molecule has 0 fully saturated rings. The molecule has 80 valence electrons. The molecule has 3 rings (SSSR count). The topological polar surface area (TPSA) is 3.24 Å². The number of benzene rings is 2. The molecule has 2 aromatic rings. The molecular formula is C15H15N. The van der Waals surface area contributed by atoms with E-state index in [1.54, 1.807) is 0 Å². The van der Waals surface area contributed by atoms with Gasteiger partial charge in [-0.3, -0.25) is 0 Å². The van der Waals surface area contributed by atoms with E-state index in [1.165, 1.54) is 22.8 Å². The van der Waals surface area contributed by atoms with Crippen LogP contribution >= 0.6 is 0 Å². The van der Waals surface area contributed by atoms with Crippen molar-refractivity contribution in [1.29, 1.82) is 0 Å². The molecule has 0 bridgehead atoms. The molecule has 0 aromatic heterocycles. The van der Waals surface area contributed by atoms with Crippen LogP contribution in [0.4, 0.5) is 0 Å². The molecule has 1 heteroatoms. The summed E-state index contributed by atoms with van der Waals surface area (Å²) in [7, 11) is 0. The van der Waals surface area contributed by atoms with Crippen molar-refractivity contribution < 1.29 is 0 Å². The van der Waals surface area contributed by atoms with Gasteiger partial charge in [0.1, 0.15) is 0 Å². The maximum atomic E-state index is 2.38. The van der Waals surface area contributed by atoms with Gasteiger partial charge in [0.25, 0.3) is 0 Å². The van der Waals surface area contributed by atoms with E-state index in [9.17, 15) is 0 Å². The Morgan fingerprint density at radius 3 is 2.75 bits per heavy atom. The summed E-state index contributed by atoms with van der Waals surface area (Å²) in [5.74, 6) is 0. The molecule has 1 aliphatic rings. The Labute approximate surface area is 96.0 Å². The Morgan fingerprint density at radius 1 is 1.00 bits per heavy atom. The van der Waals surface area contributed by atoms with Crippen LogP contribution in [0.2, 0.25) is 0 Å². The van der Waals surface area contributed by atoms with Crippen LogP contribution in [0.15, 0.2) is 54.7 Å². The SMILES string of the molecule is C1=CN(Cc2cccc3ccccc23)CC1. The fourth-order valence-electron chi connectivity index (χ4n) is 2.32. The predicted octanol–water partition coefficient (Wildman–Crippen LogP) is 3.56. The maximum Gasteiger partial charge on any atom is 0.0430 e. The van der Waals surface area contributed by atoms with Crippen molar-refractivity contribution in [2.75, 3.05) is 6.54 Å². The van der Waals surface area contributed by atoms with Crippen molar-refractivity contribution in [3.8, 4) is 0 Å². The van der Waals surface area contributed by atoms with Crippen LogP contribution in [-0.4, -0.2) is 11.4 Å². The maximum absolute atomic E-state index is 2.38. The lowest BCUT2D eigenvalue weighted by molar-refractivity contribution is 0.402. The molecule has 0 amide bonds. The summed E-state index contributed by atoms with van der Waals surface area (Å²) in [5, 5.41) is 2.72. The van der Waals surface area contributed by atoms with Crippen molar-refractivity contribution in [3.63, 3.8) is 0 Å². The highest BCUT2D eigenvalue weighted by molar-refractivity contribution is 5.85. The number of fused-ring (bicyclic) bond motifs is 1. The van der Waals surface area contributed by atoms with Gasteiger partial charge in [-0.15, -0.1) is 0 Å². The first kappa shape index (κ1) is 9.46. The van der Waals surface area contributed by atoms with Crippen LogP contribution in [0.5, 0.6) is 0 Å². The average molecular weight is 209 g/mol. The molecule has 0 N–H and O–H groups in total. The van der Waals surface area contributed by atoms with Crippen molar-refractivity contribution in [3.05, 3.63) is 60.3 Å². The third-order valence-corrected chi connectivity index (χ3v) is 3.15. The van der Waals surface area contributed by atoms with Crippen molar-refractivity contribution >= 4 is 10.8 Å². The molecular weight excluding hydrogens is 194 g/mol. The standard InChI is InChI=1S/C15H15N/c1-2-9-15-13(6-1)7-5-8-14(15)12-16-10-3-4-11-16/h1-3,5-10H,4,11-12H2. The van der Waals surface area contributed by atoms with Gasteiger partial charge in [0, 0.05) is 13.1 Å². The van der Waals surface area contributed by atoms with E-state index in [-0.39, 0.29) is 0 Å². The zero-order chi connectivity index (χ0) is 10.8. The normalized spacial score (nSPS) is 14.9. The van der Waals surface area contributed by atoms with E-state index in [0.29, 0.717) is 0 Å². The summed E-state index contributed by atoms with van der Waals surface area (Å²) >= 11 is 0. The summed E-state index contributed by atoms with van der Waals surface area (Å²) in [5.41, 5.74) is 1.42. The Balaban J connectivity index is 1.99. The molecule has 16 heavy (non-hydrogen) atoms. The molecule has 0 atom stereocenters. The fraction of sp³-hybridized carbons (Fsp3) is 0.200. The van der Waals surface area contributed by atoms with Gasteiger partial charge in [0.05, 0.1) is 0 Å². The molecule has 0 radical (unpaired) electrons. The van der Waals surface area contributed by atoms with Crippen LogP contribution < -0.4 is 0 Å². The minimum Gasteiger partial charge on any atom is -0.373 e. The second kappa shape index (κ2) is 4.01. The Morgan fingerprint density at radius 2 is 1.88 bits per heavy atom. The van der Waals surface area contributed by atoms with Gasteiger partial charge < -0.3 is 4.90 Å². The van der Waals surface area contributed by atoms with E-state index in [0.717, 1.165) is 13.1 Å². The average Bonchev–Trinajstić information content (AvgIpc) is 2.82. The second-order valence-corrected chi connectivity index (χ2v) is 4.28. The highest BCUT2D eigenvalue weighted by atomic mass is 15.1. The first-order valence-electron chi connectivity index (χ1n) is 5.81. The Bertz CT molecular complexity index is 522. The third kappa shape index (κ3) is 1.69. The highest BCUT2D eigenvalue weighted by Crippen LogP contribution is 2.21. The molecule has 1 nitrogen and oxygen atoms in total. The smallest absolute Gasteiger partial charge is 0.0430 e. The first-order valence-corrected chi connectivity index (χ1v) is 5.81. The first-order chi connectivity index (χ1) is 7.93. The van der Waals surface area contributed by atoms with Gasteiger partial charge in [0.2, 0.25) is 0 Å². The van der Waals surface area contributed by atoms with Gasteiger partial charge in [0.15, 0.2) is 0 Å². The molecule has 0 aliphatic carbocycles. The summed E-state index contributed by atoms with van der Waals surface area (Å²) in [4.78, 5) is 2.38. The number of hydrogen-bond acceptors (Lipinski definition) is 1. The van der Waals surface area contributed by atoms with Gasteiger partial charge in [-0.2, -0.15) is 0 Å². The van der Waals surface area contributed by atoms with Gasteiger partial charge >= 0.3 is 0 Å². The third-order valence-electron chi connectivity index (χ3n) is 3.15. The molecule has 0 saturated carbocycles. The zero-order valence-electron chi connectivity index (χ0n) is 9.26. The second-order valence-electron chi connectivity index (χ2n) is 4.28. The fourth-order valence-corrected chi connectivity index (χ4v) is 2.32. The Kier molecular flexibility index (Phi) is 2.37. The van der Waals surface area contributed by atoms with E-state index in [2.05, 4.69) is 59.6 Å². The lowest BCUT2D eigenvalue weighted by Crippen LogP contribution is -2.13. The number of rotatable bonds is 2. The van der Waals surface area contributed by atoms with Gasteiger partial charge in [-0.25, -0.2) is 0 Å². The van der Waals surface area contributed by atoms with E-state index in [1.807, 2.05) is 0 Å². The zero-order valence-corrected chi connectivity index (χ0v) is 9.26. The van der Waals surface area contributed by atoms with Crippen LogP contribution in [-0.2, 0) is 6.54 Å². The van der Waals surface area contributed by atoms with E-state index in [4.69, 9.17) is 0 Å². The van der Waals surface area contributed by atoms with Gasteiger partial charge in [-0.1, -0.05) is 48.5 Å². The minimum absolute atomic E-state index is 1.03. The number of nitrogens with zero attached hydrogens (tertiary/aromatic N) is 1. The largest absolute Gasteiger partial charge is 0.373 e. The predicted molar refractivity (Wildman–Crippen MR) is 68.1 cm³/mol. The molecule has 0 spiro atoms. The Hall–Kier alpha value is -1.76. The lowest BCUT2D eigenvalue weighted by atomic mass is 10.0. The molecule has 2 aromatic carbocycles. The summed E-state index contributed by atoms with van der Waals surface area (Å²) in [6, 6.07) is 15.2. The van der Waals surface area contributed by atoms with Crippen LogP contribution in [0, 0.1) is 0 Å². The number of hydrogen-bond donors (Lipinski definition) is 0. The quantitative estimate of drug-likeness (QED) is 0.731. The highest BCUT2D eigenvalue weighted by Gasteiger charge is 2.07. The van der Waals surface area contributed by atoms with E-state index >= 15 is 0 Å². The minimum atomic E-state index is 1.03. The summed E-state index contributed by atoms with van der Waals surface area (Å²) in [6.07, 6.45) is 5.64. The molecule has 0 unspecified atom stereocenters. The van der Waals surface area contributed by atoms with Crippen LogP contribution in [0.3, 0.4) is 0 Å². The van der Waals surface area contributed by atoms with Crippen molar-refractivity contribution in [2.24, 2.45) is 0 Å².